The predicted molar refractivity (Wildman–Crippen MR) is 52.6 cm³/mol. The molecular formula is C8H13N3S. The molecular weight excluding hydrogens is 170 g/mol. The molecule has 1 N–H and O–H groups in total. The highest BCUT2D eigenvalue weighted by Gasteiger charge is 2.00. The number of aromatic nitrogens is 2. The highest BCUT2D eigenvalue weighted by molar-refractivity contribution is 7.99. The molecule has 0 radical (unpaired) electrons. The first-order valence-electron chi connectivity index (χ1n) is 3.89. The zero-order valence-electron chi connectivity index (χ0n) is 7.53. The van der Waals surface area contributed by atoms with Gasteiger partial charge in [0.2, 0.25) is 0 Å². The van der Waals surface area contributed by atoms with Gasteiger partial charge in [-0.15, -0.1) is 11.8 Å². The normalized spacial score (nSPS) is 10.3. The topological polar surface area (TPSA) is 37.8 Å². The molecule has 0 saturated heterocycles. The van der Waals surface area contributed by atoms with E-state index in [0.29, 0.717) is 5.25 Å². The van der Waals surface area contributed by atoms with Gasteiger partial charge in [-0.3, -0.25) is 4.98 Å². The van der Waals surface area contributed by atoms with Crippen LogP contribution in [0, 0.1) is 0 Å². The fourth-order valence-corrected chi connectivity index (χ4v) is 1.52. The van der Waals surface area contributed by atoms with Gasteiger partial charge in [-0.2, -0.15) is 0 Å². The third-order valence-electron chi connectivity index (χ3n) is 1.23. The van der Waals surface area contributed by atoms with Crippen LogP contribution < -0.4 is 5.32 Å². The van der Waals surface area contributed by atoms with Gasteiger partial charge in [-0.1, -0.05) is 13.8 Å². The maximum atomic E-state index is 4.32. The number of anilines is 1. The zero-order valence-corrected chi connectivity index (χ0v) is 8.35. The SMILES string of the molecule is CNc1cncc(SC(C)C)n1. The second kappa shape index (κ2) is 4.30. The van der Waals surface area contributed by atoms with E-state index < -0.39 is 0 Å². The van der Waals surface area contributed by atoms with Crippen molar-refractivity contribution < 1.29 is 0 Å². The lowest BCUT2D eigenvalue weighted by molar-refractivity contribution is 1.03. The monoisotopic (exact) mass is 183 g/mol. The van der Waals surface area contributed by atoms with Gasteiger partial charge < -0.3 is 5.32 Å². The summed E-state index contributed by atoms with van der Waals surface area (Å²) in [5.41, 5.74) is 0. The fourth-order valence-electron chi connectivity index (χ4n) is 0.767. The Morgan fingerprint density at radius 2 is 2.17 bits per heavy atom. The van der Waals surface area contributed by atoms with Crippen molar-refractivity contribution in [2.75, 3.05) is 12.4 Å². The minimum absolute atomic E-state index is 0.548. The highest BCUT2D eigenvalue weighted by atomic mass is 32.2. The molecule has 0 saturated carbocycles. The standard InChI is InChI=1S/C8H13N3S/c1-6(2)12-8-5-10-4-7(9-3)11-8/h4-6H,1-3H3,(H,9,11). The molecule has 0 aliphatic carbocycles. The van der Waals surface area contributed by atoms with E-state index in [1.807, 2.05) is 7.05 Å². The molecule has 0 bridgehead atoms. The van der Waals surface area contributed by atoms with Crippen LogP contribution in [0.15, 0.2) is 17.4 Å². The van der Waals surface area contributed by atoms with Crippen molar-refractivity contribution in [1.29, 1.82) is 0 Å². The largest absolute Gasteiger partial charge is 0.372 e. The third-order valence-corrected chi connectivity index (χ3v) is 2.13. The first-order valence-corrected chi connectivity index (χ1v) is 4.77. The zero-order chi connectivity index (χ0) is 8.97. The predicted octanol–water partition coefficient (Wildman–Crippen LogP) is 2.02. The van der Waals surface area contributed by atoms with Crippen molar-refractivity contribution in [2.24, 2.45) is 0 Å². The number of hydrogen-bond acceptors (Lipinski definition) is 4. The van der Waals surface area contributed by atoms with Crippen LogP contribution in [0.25, 0.3) is 0 Å². The van der Waals surface area contributed by atoms with Gasteiger partial charge >= 0.3 is 0 Å². The van der Waals surface area contributed by atoms with Crippen molar-refractivity contribution in [1.82, 2.24) is 9.97 Å². The van der Waals surface area contributed by atoms with Crippen LogP contribution in [-0.4, -0.2) is 22.3 Å². The fraction of sp³-hybridized carbons (Fsp3) is 0.500. The molecule has 0 unspecified atom stereocenters. The summed E-state index contributed by atoms with van der Waals surface area (Å²) in [5, 5.41) is 4.47. The van der Waals surface area contributed by atoms with Crippen molar-refractivity contribution >= 4 is 17.6 Å². The molecule has 0 atom stereocenters. The van der Waals surface area contributed by atoms with Gasteiger partial charge in [0.25, 0.3) is 0 Å². The molecule has 1 aromatic rings. The van der Waals surface area contributed by atoms with E-state index in [2.05, 4.69) is 29.1 Å². The van der Waals surface area contributed by atoms with E-state index in [4.69, 9.17) is 0 Å². The smallest absolute Gasteiger partial charge is 0.145 e. The van der Waals surface area contributed by atoms with E-state index in [0.717, 1.165) is 10.8 Å². The van der Waals surface area contributed by atoms with Crippen molar-refractivity contribution in [3.8, 4) is 0 Å². The average molecular weight is 183 g/mol. The molecule has 1 heterocycles. The minimum Gasteiger partial charge on any atom is -0.372 e. The first-order chi connectivity index (χ1) is 5.72. The van der Waals surface area contributed by atoms with E-state index in [9.17, 15) is 0 Å². The Labute approximate surface area is 77.0 Å². The molecule has 0 aliphatic heterocycles. The number of nitrogens with one attached hydrogen (secondary N) is 1. The summed E-state index contributed by atoms with van der Waals surface area (Å²) in [6.45, 7) is 4.27. The lowest BCUT2D eigenvalue weighted by Crippen LogP contribution is -1.96. The van der Waals surface area contributed by atoms with E-state index >= 15 is 0 Å². The Morgan fingerprint density at radius 1 is 1.42 bits per heavy atom. The second-order valence-electron chi connectivity index (χ2n) is 2.66. The number of nitrogens with zero attached hydrogens (tertiary/aromatic N) is 2. The lowest BCUT2D eigenvalue weighted by Gasteiger charge is -2.04. The molecule has 1 rings (SSSR count). The van der Waals surface area contributed by atoms with Crippen LogP contribution in [0.4, 0.5) is 5.82 Å². The van der Waals surface area contributed by atoms with Gasteiger partial charge in [0, 0.05) is 12.3 Å². The van der Waals surface area contributed by atoms with Crippen LogP contribution in [0.2, 0.25) is 0 Å². The summed E-state index contributed by atoms with van der Waals surface area (Å²) in [6, 6.07) is 0. The summed E-state index contributed by atoms with van der Waals surface area (Å²) in [5.74, 6) is 0.820. The van der Waals surface area contributed by atoms with Crippen LogP contribution >= 0.6 is 11.8 Å². The van der Waals surface area contributed by atoms with Gasteiger partial charge in [0.15, 0.2) is 0 Å². The Balaban J connectivity index is 2.72. The quantitative estimate of drug-likeness (QED) is 0.727. The van der Waals surface area contributed by atoms with Crippen molar-refractivity contribution in [3.63, 3.8) is 0 Å². The Bertz CT molecular complexity index is 250. The lowest BCUT2D eigenvalue weighted by atomic mass is 10.6. The number of rotatable bonds is 3. The molecule has 0 fully saturated rings. The number of thioether (sulfide) groups is 1. The Kier molecular flexibility index (Phi) is 3.34. The average Bonchev–Trinajstić information content (AvgIpc) is 2.03. The van der Waals surface area contributed by atoms with E-state index in [1.54, 1.807) is 24.2 Å². The minimum atomic E-state index is 0.548. The summed E-state index contributed by atoms with van der Waals surface area (Å²) in [4.78, 5) is 8.38. The third kappa shape index (κ3) is 2.70. The second-order valence-corrected chi connectivity index (χ2v) is 4.26. The summed E-state index contributed by atoms with van der Waals surface area (Å²) in [7, 11) is 1.84. The molecule has 3 nitrogen and oxygen atoms in total. The molecule has 12 heavy (non-hydrogen) atoms. The molecule has 0 aromatic carbocycles. The van der Waals surface area contributed by atoms with E-state index in [1.165, 1.54) is 0 Å². The highest BCUT2D eigenvalue weighted by Crippen LogP contribution is 2.20. The van der Waals surface area contributed by atoms with Gasteiger partial charge in [-0.05, 0) is 0 Å². The Hall–Kier alpha value is -0.770. The number of hydrogen-bond donors (Lipinski definition) is 1. The van der Waals surface area contributed by atoms with Crippen LogP contribution in [0.3, 0.4) is 0 Å². The molecule has 4 heteroatoms. The van der Waals surface area contributed by atoms with Crippen LogP contribution in [0.1, 0.15) is 13.8 Å². The van der Waals surface area contributed by atoms with Gasteiger partial charge in [0.1, 0.15) is 10.8 Å². The maximum absolute atomic E-state index is 4.32. The molecule has 0 amide bonds. The van der Waals surface area contributed by atoms with E-state index in [-0.39, 0.29) is 0 Å². The summed E-state index contributed by atoms with van der Waals surface area (Å²) in [6.07, 6.45) is 3.50. The molecule has 1 aromatic heterocycles. The molecule has 66 valence electrons. The van der Waals surface area contributed by atoms with Gasteiger partial charge in [0.05, 0.1) is 12.4 Å². The summed E-state index contributed by atoms with van der Waals surface area (Å²) >= 11 is 1.71. The first kappa shape index (κ1) is 9.32. The van der Waals surface area contributed by atoms with Crippen molar-refractivity contribution in [3.05, 3.63) is 12.4 Å². The van der Waals surface area contributed by atoms with Crippen molar-refractivity contribution in [2.45, 2.75) is 24.1 Å². The Morgan fingerprint density at radius 3 is 2.75 bits per heavy atom. The van der Waals surface area contributed by atoms with Crippen LogP contribution in [0.5, 0.6) is 0 Å². The molecule has 0 spiro atoms. The van der Waals surface area contributed by atoms with Crippen LogP contribution in [-0.2, 0) is 0 Å². The molecule has 0 aliphatic rings. The van der Waals surface area contributed by atoms with Gasteiger partial charge in [-0.25, -0.2) is 4.98 Å². The summed E-state index contributed by atoms with van der Waals surface area (Å²) < 4.78 is 0. The maximum Gasteiger partial charge on any atom is 0.145 e.